The number of halogens is 1. The van der Waals surface area contributed by atoms with Gasteiger partial charge in [0.05, 0.1) is 25.2 Å². The Hall–Kier alpha value is -4.13. The van der Waals surface area contributed by atoms with E-state index < -0.39 is 58.4 Å². The first kappa shape index (κ1) is 40.6. The molecular formula is C40H50FNO9S. The Balaban J connectivity index is 1.49. The van der Waals surface area contributed by atoms with Gasteiger partial charge in [0.15, 0.2) is 5.60 Å². The van der Waals surface area contributed by atoms with Gasteiger partial charge >= 0.3 is 11.9 Å². The Kier molecular flexibility index (Phi) is 14.5. The molecule has 3 aromatic rings. The summed E-state index contributed by atoms with van der Waals surface area (Å²) in [6.45, 7) is 1.64. The summed E-state index contributed by atoms with van der Waals surface area (Å²) in [6.07, 6.45) is 5.83. The van der Waals surface area contributed by atoms with E-state index in [4.69, 9.17) is 9.47 Å². The number of hydrogen-bond donors (Lipinski definition) is 2. The van der Waals surface area contributed by atoms with Crippen molar-refractivity contribution in [3.63, 3.8) is 0 Å². The average molecular weight is 740 g/mol. The number of amides is 1. The van der Waals surface area contributed by atoms with E-state index in [1.165, 1.54) is 32.2 Å². The van der Waals surface area contributed by atoms with Gasteiger partial charge in [0.2, 0.25) is 5.91 Å². The molecule has 3 aromatic carbocycles. The molecule has 0 bridgehead atoms. The van der Waals surface area contributed by atoms with Gasteiger partial charge in [0.25, 0.3) is 0 Å². The van der Waals surface area contributed by atoms with Crippen LogP contribution in [0.1, 0.15) is 93.2 Å². The number of aliphatic hydroxyl groups is 2. The summed E-state index contributed by atoms with van der Waals surface area (Å²) in [6, 6.07) is 21.3. The average Bonchev–Trinajstić information content (AvgIpc) is 3.10. The number of aryl methyl sites for hydroxylation is 2. The highest BCUT2D eigenvalue weighted by Gasteiger charge is 2.48. The summed E-state index contributed by atoms with van der Waals surface area (Å²) in [7, 11) is -3.01. The SMILES string of the molecule is CC(=O)O[C@@H](CCC1C(=O)N(c2ccc(CCCCS(C)(=O)=O)cc2)[C@@H]1c1ccc(CCCCC(CO)(CO)OC(C)=O)cc1)c1ccc(F)cc1. The minimum atomic E-state index is -3.01. The highest BCUT2D eigenvalue weighted by atomic mass is 32.2. The van der Waals surface area contributed by atoms with E-state index in [-0.39, 0.29) is 17.7 Å². The van der Waals surface area contributed by atoms with Crippen molar-refractivity contribution in [3.05, 3.63) is 101 Å². The van der Waals surface area contributed by atoms with Crippen LogP contribution in [-0.2, 0) is 46.5 Å². The lowest BCUT2D eigenvalue weighted by Gasteiger charge is -2.48. The van der Waals surface area contributed by atoms with Crippen LogP contribution < -0.4 is 4.90 Å². The number of unbranched alkanes of at least 4 members (excludes halogenated alkanes) is 2. The second-order valence-electron chi connectivity index (χ2n) is 13.8. The van der Waals surface area contributed by atoms with E-state index in [0.29, 0.717) is 37.7 Å². The molecule has 12 heteroatoms. The molecule has 0 spiro atoms. The number of β-lactam (4-membered cyclic amide) rings is 1. The highest BCUT2D eigenvalue weighted by molar-refractivity contribution is 7.90. The van der Waals surface area contributed by atoms with E-state index in [0.717, 1.165) is 48.1 Å². The Morgan fingerprint density at radius 3 is 1.96 bits per heavy atom. The minimum absolute atomic E-state index is 0.0558. The van der Waals surface area contributed by atoms with Crippen molar-refractivity contribution in [2.45, 2.75) is 89.4 Å². The Labute approximate surface area is 305 Å². The van der Waals surface area contributed by atoms with Gasteiger partial charge in [0.1, 0.15) is 21.8 Å². The van der Waals surface area contributed by atoms with Crippen molar-refractivity contribution in [1.82, 2.24) is 0 Å². The second-order valence-corrected chi connectivity index (χ2v) is 16.0. The van der Waals surface area contributed by atoms with Crippen molar-refractivity contribution in [3.8, 4) is 0 Å². The number of benzene rings is 3. The van der Waals surface area contributed by atoms with Crippen molar-refractivity contribution in [2.24, 2.45) is 5.92 Å². The number of carbonyl (C=O) groups is 3. The molecule has 1 fully saturated rings. The van der Waals surface area contributed by atoms with Crippen LogP contribution in [-0.4, -0.2) is 67.3 Å². The molecule has 1 heterocycles. The molecule has 282 valence electrons. The maximum absolute atomic E-state index is 13.8. The lowest BCUT2D eigenvalue weighted by molar-refractivity contribution is -0.168. The molecule has 1 aliphatic rings. The summed E-state index contributed by atoms with van der Waals surface area (Å²) in [5.41, 5.74) is 3.15. The van der Waals surface area contributed by atoms with Crippen LogP contribution >= 0.6 is 0 Å². The molecule has 0 radical (unpaired) electrons. The molecule has 4 rings (SSSR count). The molecule has 1 saturated heterocycles. The third-order valence-electron chi connectivity index (χ3n) is 9.55. The smallest absolute Gasteiger partial charge is 0.303 e. The minimum Gasteiger partial charge on any atom is -0.458 e. The lowest BCUT2D eigenvalue weighted by atomic mass is 9.78. The largest absolute Gasteiger partial charge is 0.458 e. The summed E-state index contributed by atoms with van der Waals surface area (Å²) in [5.74, 6) is -1.73. The summed E-state index contributed by atoms with van der Waals surface area (Å²) >= 11 is 0. The van der Waals surface area contributed by atoms with E-state index in [2.05, 4.69) is 0 Å². The number of hydrogen-bond acceptors (Lipinski definition) is 9. The number of sulfone groups is 1. The van der Waals surface area contributed by atoms with Crippen molar-refractivity contribution in [1.29, 1.82) is 0 Å². The van der Waals surface area contributed by atoms with Gasteiger partial charge < -0.3 is 24.6 Å². The van der Waals surface area contributed by atoms with Gasteiger partial charge in [0, 0.05) is 31.5 Å². The van der Waals surface area contributed by atoms with Crippen LogP contribution in [0.5, 0.6) is 0 Å². The third kappa shape index (κ3) is 11.4. The zero-order chi connectivity index (χ0) is 37.9. The molecule has 1 unspecified atom stereocenters. The fourth-order valence-corrected chi connectivity index (χ4v) is 7.53. The van der Waals surface area contributed by atoms with Crippen LogP contribution in [0.15, 0.2) is 72.8 Å². The molecule has 0 aliphatic carbocycles. The van der Waals surface area contributed by atoms with Gasteiger partial charge in [-0.05, 0) is 104 Å². The van der Waals surface area contributed by atoms with Crippen LogP contribution in [0.2, 0.25) is 0 Å². The maximum Gasteiger partial charge on any atom is 0.303 e. The Bertz CT molecular complexity index is 1740. The van der Waals surface area contributed by atoms with E-state index >= 15 is 0 Å². The first-order chi connectivity index (χ1) is 24.7. The molecule has 1 amide bonds. The standard InChI is InChI=1S/C40H50FNO9S/c1-28(45)50-37(32-16-18-34(41)19-17-32)23-22-36-38(42(39(36)47)35-20-12-31(13-21-35)9-5-7-25-52(3,48)49)33-14-10-30(11-15-33)8-4-6-24-40(26-43,27-44)51-29(2)46/h10-21,36-38,43-44H,4-9,22-27H2,1-3H3/t36?,37-,38+/m0/s1. The molecule has 0 aromatic heterocycles. The summed E-state index contributed by atoms with van der Waals surface area (Å²) in [5, 5.41) is 19.5. The summed E-state index contributed by atoms with van der Waals surface area (Å²) < 4.78 is 47.4. The number of anilines is 1. The normalized spacial score (nSPS) is 16.7. The highest BCUT2D eigenvalue weighted by Crippen LogP contribution is 2.46. The first-order valence-corrected chi connectivity index (χ1v) is 19.8. The van der Waals surface area contributed by atoms with Crippen LogP contribution in [0.4, 0.5) is 10.1 Å². The van der Waals surface area contributed by atoms with E-state index in [1.54, 1.807) is 17.0 Å². The number of nitrogens with zero attached hydrogens (tertiary/aromatic N) is 1. The van der Waals surface area contributed by atoms with Crippen LogP contribution in [0.3, 0.4) is 0 Å². The first-order valence-electron chi connectivity index (χ1n) is 17.8. The van der Waals surface area contributed by atoms with E-state index in [1.807, 2.05) is 48.5 Å². The predicted octanol–water partition coefficient (Wildman–Crippen LogP) is 5.98. The van der Waals surface area contributed by atoms with Gasteiger partial charge in [-0.25, -0.2) is 12.8 Å². The van der Waals surface area contributed by atoms with Crippen molar-refractivity contribution < 1.29 is 46.9 Å². The molecular weight excluding hydrogens is 690 g/mol. The summed E-state index contributed by atoms with van der Waals surface area (Å²) in [4.78, 5) is 39.1. The number of carbonyl (C=O) groups excluding carboxylic acids is 3. The number of esters is 2. The number of ether oxygens (including phenoxy) is 2. The zero-order valence-electron chi connectivity index (χ0n) is 30.1. The maximum atomic E-state index is 13.8. The third-order valence-corrected chi connectivity index (χ3v) is 10.6. The molecule has 52 heavy (non-hydrogen) atoms. The topological polar surface area (TPSA) is 148 Å². The lowest BCUT2D eigenvalue weighted by Crippen LogP contribution is -2.55. The van der Waals surface area contributed by atoms with Gasteiger partial charge in [-0.15, -0.1) is 0 Å². The Morgan fingerprint density at radius 2 is 1.42 bits per heavy atom. The fraction of sp³-hybridized carbons (Fsp3) is 0.475. The van der Waals surface area contributed by atoms with Crippen LogP contribution in [0.25, 0.3) is 0 Å². The molecule has 1 aliphatic heterocycles. The van der Waals surface area contributed by atoms with E-state index in [9.17, 15) is 37.4 Å². The fourth-order valence-electron chi connectivity index (χ4n) is 6.80. The monoisotopic (exact) mass is 739 g/mol. The Morgan fingerprint density at radius 1 is 0.846 bits per heavy atom. The number of rotatable bonds is 20. The molecule has 2 N–H and O–H groups in total. The van der Waals surface area contributed by atoms with Gasteiger partial charge in [-0.3, -0.25) is 14.4 Å². The predicted molar refractivity (Wildman–Crippen MR) is 196 cm³/mol. The molecule has 3 atom stereocenters. The van der Waals surface area contributed by atoms with Crippen molar-refractivity contribution in [2.75, 3.05) is 30.1 Å². The van der Waals surface area contributed by atoms with Crippen molar-refractivity contribution >= 4 is 33.4 Å². The number of aliphatic hydroxyl groups excluding tert-OH is 2. The van der Waals surface area contributed by atoms with Gasteiger partial charge in [-0.2, -0.15) is 0 Å². The molecule has 0 saturated carbocycles. The van der Waals surface area contributed by atoms with Gasteiger partial charge in [-0.1, -0.05) is 48.5 Å². The molecule has 10 nitrogen and oxygen atoms in total. The van der Waals surface area contributed by atoms with Crippen LogP contribution in [0, 0.1) is 11.7 Å². The second kappa shape index (κ2) is 18.6. The zero-order valence-corrected chi connectivity index (χ0v) is 30.9. The quantitative estimate of drug-likeness (QED) is 0.0812.